The molecule has 1 heterocycles. The zero-order chi connectivity index (χ0) is 12.1. The summed E-state index contributed by atoms with van der Waals surface area (Å²) >= 11 is 0. The number of rotatable bonds is 2. The molecule has 1 fully saturated rings. The molecule has 0 saturated heterocycles. The molecule has 1 aromatic carbocycles. The maximum Gasteiger partial charge on any atom is 0.0696 e. The molecule has 1 aliphatic carbocycles. The molecule has 1 aromatic heterocycles. The second-order valence-corrected chi connectivity index (χ2v) is 5.50. The molecular weight excluding hydrogens is 210 g/mol. The number of para-hydroxylation sites is 1. The zero-order valence-electron chi connectivity index (χ0n) is 10.2. The summed E-state index contributed by atoms with van der Waals surface area (Å²) in [5, 5.41) is 4.30. The Morgan fingerprint density at radius 2 is 1.94 bits per heavy atom. The van der Waals surface area contributed by atoms with E-state index in [-0.39, 0.29) is 11.0 Å². The Morgan fingerprint density at radius 3 is 2.53 bits per heavy atom. The molecule has 0 amide bonds. The predicted molar refractivity (Wildman–Crippen MR) is 67.8 cm³/mol. The third-order valence-corrected chi connectivity index (χ3v) is 3.94. The molecule has 0 spiro atoms. The lowest BCUT2D eigenvalue weighted by molar-refractivity contribution is 0.507. The number of hydrogen-bond donors (Lipinski definition) is 1. The number of nitrogens with two attached hydrogens (primary N) is 1. The van der Waals surface area contributed by atoms with E-state index in [1.807, 2.05) is 29.1 Å². The number of nitrogens with zero attached hydrogens (tertiary/aromatic N) is 2. The van der Waals surface area contributed by atoms with Gasteiger partial charge in [0.05, 0.1) is 5.69 Å². The molecule has 0 aliphatic heterocycles. The van der Waals surface area contributed by atoms with Gasteiger partial charge in [-0.2, -0.15) is 5.10 Å². The van der Waals surface area contributed by atoms with Crippen LogP contribution in [0, 0.1) is 5.41 Å². The van der Waals surface area contributed by atoms with Crippen LogP contribution in [0.1, 0.15) is 25.8 Å². The second kappa shape index (κ2) is 3.20. The third-order valence-electron chi connectivity index (χ3n) is 3.94. The van der Waals surface area contributed by atoms with E-state index in [2.05, 4.69) is 31.1 Å². The summed E-state index contributed by atoms with van der Waals surface area (Å²) < 4.78 is 1.89. The summed E-state index contributed by atoms with van der Waals surface area (Å²) in [5.74, 6) is 0. The van der Waals surface area contributed by atoms with Gasteiger partial charge in [0.1, 0.15) is 0 Å². The Morgan fingerprint density at radius 1 is 1.24 bits per heavy atom. The van der Waals surface area contributed by atoms with Gasteiger partial charge in [0.25, 0.3) is 0 Å². The molecule has 88 valence electrons. The molecule has 1 unspecified atom stereocenters. The Hall–Kier alpha value is -1.61. The van der Waals surface area contributed by atoms with E-state index >= 15 is 0 Å². The lowest BCUT2D eigenvalue weighted by Gasteiger charge is -2.19. The Kier molecular flexibility index (Phi) is 1.98. The number of benzene rings is 1. The first kappa shape index (κ1) is 10.5. The van der Waals surface area contributed by atoms with E-state index in [0.29, 0.717) is 0 Å². The van der Waals surface area contributed by atoms with Crippen molar-refractivity contribution in [2.45, 2.75) is 25.8 Å². The van der Waals surface area contributed by atoms with Gasteiger partial charge in [-0.1, -0.05) is 32.0 Å². The maximum absolute atomic E-state index is 6.51. The molecule has 1 atom stereocenters. The van der Waals surface area contributed by atoms with Crippen LogP contribution in [0.15, 0.2) is 42.7 Å². The summed E-state index contributed by atoms with van der Waals surface area (Å²) in [5.41, 5.74) is 8.75. The predicted octanol–water partition coefficient (Wildman–Crippen LogP) is 2.46. The minimum atomic E-state index is -0.213. The van der Waals surface area contributed by atoms with Crippen molar-refractivity contribution in [2.75, 3.05) is 0 Å². The van der Waals surface area contributed by atoms with Gasteiger partial charge in [0.15, 0.2) is 0 Å². The summed E-state index contributed by atoms with van der Waals surface area (Å²) in [7, 11) is 0. The average molecular weight is 227 g/mol. The summed E-state index contributed by atoms with van der Waals surface area (Å²) in [6.45, 7) is 4.43. The highest BCUT2D eigenvalue weighted by molar-refractivity contribution is 5.49. The van der Waals surface area contributed by atoms with Gasteiger partial charge in [-0.25, -0.2) is 4.68 Å². The van der Waals surface area contributed by atoms with Gasteiger partial charge in [-0.05, 0) is 29.5 Å². The lowest BCUT2D eigenvalue weighted by Crippen LogP contribution is -2.27. The van der Waals surface area contributed by atoms with E-state index in [1.165, 1.54) is 5.56 Å². The van der Waals surface area contributed by atoms with E-state index in [9.17, 15) is 0 Å². The molecule has 17 heavy (non-hydrogen) atoms. The first-order chi connectivity index (χ1) is 8.05. The van der Waals surface area contributed by atoms with Gasteiger partial charge in [0, 0.05) is 17.9 Å². The fraction of sp³-hybridized carbons (Fsp3) is 0.357. The SMILES string of the molecule is CC1(C)CC1(N)c1ccccc1-n1cccn1. The Balaban J connectivity index is 2.13. The second-order valence-electron chi connectivity index (χ2n) is 5.50. The molecule has 0 bridgehead atoms. The fourth-order valence-electron chi connectivity index (χ4n) is 2.57. The molecule has 3 nitrogen and oxygen atoms in total. The topological polar surface area (TPSA) is 43.8 Å². The molecule has 1 saturated carbocycles. The minimum Gasteiger partial charge on any atom is -0.321 e. The summed E-state index contributed by atoms with van der Waals surface area (Å²) in [6.07, 6.45) is 4.77. The summed E-state index contributed by atoms with van der Waals surface area (Å²) in [6, 6.07) is 10.2. The van der Waals surface area contributed by atoms with Crippen molar-refractivity contribution in [3.05, 3.63) is 48.3 Å². The molecular formula is C14H17N3. The highest BCUT2D eigenvalue weighted by atomic mass is 15.3. The van der Waals surface area contributed by atoms with E-state index in [4.69, 9.17) is 5.73 Å². The van der Waals surface area contributed by atoms with Crippen LogP contribution in [0.5, 0.6) is 0 Å². The zero-order valence-corrected chi connectivity index (χ0v) is 10.2. The van der Waals surface area contributed by atoms with Crippen LogP contribution in [0.2, 0.25) is 0 Å². The van der Waals surface area contributed by atoms with Crippen molar-refractivity contribution >= 4 is 0 Å². The first-order valence-electron chi connectivity index (χ1n) is 5.93. The van der Waals surface area contributed by atoms with Crippen molar-refractivity contribution < 1.29 is 0 Å². The normalized spacial score (nSPS) is 25.8. The smallest absolute Gasteiger partial charge is 0.0696 e. The van der Waals surface area contributed by atoms with Gasteiger partial charge >= 0.3 is 0 Å². The molecule has 1 aliphatic rings. The van der Waals surface area contributed by atoms with Crippen molar-refractivity contribution in [3.63, 3.8) is 0 Å². The Bertz CT molecular complexity index is 542. The standard InChI is InChI=1S/C14H17N3/c1-13(2)10-14(13,15)11-6-3-4-7-12(11)17-9-5-8-16-17/h3-9H,10,15H2,1-2H3. The van der Waals surface area contributed by atoms with E-state index in [0.717, 1.165) is 12.1 Å². The third kappa shape index (κ3) is 1.42. The molecule has 0 radical (unpaired) electrons. The Labute approximate surface area is 101 Å². The fourth-order valence-corrected chi connectivity index (χ4v) is 2.57. The van der Waals surface area contributed by atoms with Crippen LogP contribution in [0.25, 0.3) is 5.69 Å². The van der Waals surface area contributed by atoms with Crippen LogP contribution in [-0.2, 0) is 5.54 Å². The monoisotopic (exact) mass is 227 g/mol. The van der Waals surface area contributed by atoms with Crippen LogP contribution in [0.3, 0.4) is 0 Å². The van der Waals surface area contributed by atoms with E-state index in [1.54, 1.807) is 6.20 Å². The lowest BCUT2D eigenvalue weighted by atomic mass is 9.95. The first-order valence-corrected chi connectivity index (χ1v) is 5.93. The van der Waals surface area contributed by atoms with Gasteiger partial charge in [0.2, 0.25) is 0 Å². The highest BCUT2D eigenvalue weighted by Crippen LogP contribution is 2.61. The van der Waals surface area contributed by atoms with Gasteiger partial charge < -0.3 is 5.73 Å². The molecule has 3 rings (SSSR count). The maximum atomic E-state index is 6.51. The van der Waals surface area contributed by atoms with Crippen molar-refractivity contribution in [2.24, 2.45) is 11.1 Å². The van der Waals surface area contributed by atoms with Crippen LogP contribution < -0.4 is 5.73 Å². The molecule has 2 aromatic rings. The quantitative estimate of drug-likeness (QED) is 0.856. The average Bonchev–Trinajstić information content (AvgIpc) is 2.74. The van der Waals surface area contributed by atoms with Gasteiger partial charge in [-0.15, -0.1) is 0 Å². The van der Waals surface area contributed by atoms with Crippen molar-refractivity contribution in [3.8, 4) is 5.69 Å². The van der Waals surface area contributed by atoms with Crippen LogP contribution in [-0.4, -0.2) is 9.78 Å². The highest BCUT2D eigenvalue weighted by Gasteiger charge is 2.60. The minimum absolute atomic E-state index is 0.177. The van der Waals surface area contributed by atoms with Crippen molar-refractivity contribution in [1.82, 2.24) is 9.78 Å². The number of aromatic nitrogens is 2. The van der Waals surface area contributed by atoms with Crippen LogP contribution in [0.4, 0.5) is 0 Å². The van der Waals surface area contributed by atoms with Gasteiger partial charge in [-0.3, -0.25) is 0 Å². The largest absolute Gasteiger partial charge is 0.321 e. The molecule has 3 heteroatoms. The molecule has 2 N–H and O–H groups in total. The van der Waals surface area contributed by atoms with Crippen molar-refractivity contribution in [1.29, 1.82) is 0 Å². The number of hydrogen-bond acceptors (Lipinski definition) is 2. The summed E-state index contributed by atoms with van der Waals surface area (Å²) in [4.78, 5) is 0. The van der Waals surface area contributed by atoms with Crippen LogP contribution >= 0.6 is 0 Å². The van der Waals surface area contributed by atoms with E-state index < -0.39 is 0 Å².